The standard InChI is InChI=1S/C11H16BrNO2S/c1-7-8(12)6-10(16-7)9(13)4-2-3-5-11(14)15/h6,9H,2-5,13H2,1H3,(H,14,15). The van der Waals surface area contributed by atoms with Crippen LogP contribution in [0.1, 0.15) is 41.5 Å². The van der Waals surface area contributed by atoms with Gasteiger partial charge in [-0.3, -0.25) is 4.79 Å². The van der Waals surface area contributed by atoms with Crippen LogP contribution in [0.15, 0.2) is 10.5 Å². The van der Waals surface area contributed by atoms with E-state index in [0.29, 0.717) is 6.42 Å². The van der Waals surface area contributed by atoms with Gasteiger partial charge in [-0.25, -0.2) is 0 Å². The summed E-state index contributed by atoms with van der Waals surface area (Å²) >= 11 is 5.16. The van der Waals surface area contributed by atoms with Crippen molar-refractivity contribution in [2.75, 3.05) is 0 Å². The van der Waals surface area contributed by atoms with Gasteiger partial charge in [0.15, 0.2) is 0 Å². The van der Waals surface area contributed by atoms with Crippen LogP contribution in [-0.4, -0.2) is 11.1 Å². The topological polar surface area (TPSA) is 63.3 Å². The molecule has 0 aliphatic carbocycles. The molecule has 90 valence electrons. The Kier molecular flexibility index (Phi) is 5.44. The molecule has 3 N–H and O–H groups in total. The highest BCUT2D eigenvalue weighted by molar-refractivity contribution is 9.10. The number of unbranched alkanes of at least 4 members (excludes halogenated alkanes) is 1. The molecule has 0 bridgehead atoms. The summed E-state index contributed by atoms with van der Waals surface area (Å²) in [4.78, 5) is 12.7. The van der Waals surface area contributed by atoms with Crippen molar-refractivity contribution >= 4 is 33.2 Å². The first kappa shape index (κ1) is 13.7. The van der Waals surface area contributed by atoms with E-state index in [1.165, 1.54) is 9.75 Å². The number of carboxylic acids is 1. The number of rotatable bonds is 6. The molecule has 1 atom stereocenters. The molecule has 1 aromatic heterocycles. The van der Waals surface area contributed by atoms with Gasteiger partial charge in [0, 0.05) is 26.7 Å². The van der Waals surface area contributed by atoms with Gasteiger partial charge in [-0.15, -0.1) is 11.3 Å². The van der Waals surface area contributed by atoms with E-state index in [0.717, 1.165) is 17.3 Å². The van der Waals surface area contributed by atoms with Gasteiger partial charge in [0.25, 0.3) is 0 Å². The molecule has 1 unspecified atom stereocenters. The fraction of sp³-hybridized carbons (Fsp3) is 0.545. The van der Waals surface area contributed by atoms with Gasteiger partial charge in [-0.1, -0.05) is 6.42 Å². The van der Waals surface area contributed by atoms with Crippen LogP contribution in [0.3, 0.4) is 0 Å². The van der Waals surface area contributed by atoms with Crippen molar-refractivity contribution in [1.29, 1.82) is 0 Å². The van der Waals surface area contributed by atoms with Crippen LogP contribution in [-0.2, 0) is 4.79 Å². The summed E-state index contributed by atoms with van der Waals surface area (Å²) in [6.45, 7) is 2.05. The van der Waals surface area contributed by atoms with Crippen LogP contribution in [0.5, 0.6) is 0 Å². The van der Waals surface area contributed by atoms with Crippen molar-refractivity contribution < 1.29 is 9.90 Å². The number of aryl methyl sites for hydroxylation is 1. The van der Waals surface area contributed by atoms with Crippen molar-refractivity contribution in [3.8, 4) is 0 Å². The third-order valence-corrected chi connectivity index (χ3v) is 4.67. The van der Waals surface area contributed by atoms with Gasteiger partial charge in [-0.05, 0) is 41.8 Å². The van der Waals surface area contributed by atoms with E-state index in [1.807, 2.05) is 0 Å². The minimum absolute atomic E-state index is 0.0313. The molecule has 0 amide bonds. The molecule has 0 saturated heterocycles. The number of carbonyl (C=O) groups is 1. The monoisotopic (exact) mass is 305 g/mol. The average Bonchev–Trinajstić information content (AvgIpc) is 2.54. The van der Waals surface area contributed by atoms with Crippen molar-refractivity contribution in [1.82, 2.24) is 0 Å². The lowest BCUT2D eigenvalue weighted by molar-refractivity contribution is -0.137. The number of thiophene rings is 1. The van der Waals surface area contributed by atoms with E-state index < -0.39 is 5.97 Å². The molecule has 3 nitrogen and oxygen atoms in total. The molecule has 0 spiro atoms. The normalized spacial score (nSPS) is 12.7. The smallest absolute Gasteiger partial charge is 0.303 e. The van der Waals surface area contributed by atoms with Gasteiger partial charge >= 0.3 is 5.97 Å². The lowest BCUT2D eigenvalue weighted by Crippen LogP contribution is -2.08. The van der Waals surface area contributed by atoms with E-state index in [-0.39, 0.29) is 12.5 Å². The third kappa shape index (κ3) is 4.23. The first-order valence-corrected chi connectivity index (χ1v) is 6.85. The predicted molar refractivity (Wildman–Crippen MR) is 69.8 cm³/mol. The van der Waals surface area contributed by atoms with E-state index in [2.05, 4.69) is 28.9 Å². The van der Waals surface area contributed by atoms with Gasteiger partial charge in [0.2, 0.25) is 0 Å². The second kappa shape index (κ2) is 6.37. The Bertz CT molecular complexity index is 345. The molecule has 0 aliphatic heterocycles. The molecular formula is C11H16BrNO2S. The summed E-state index contributed by atoms with van der Waals surface area (Å²) in [5, 5.41) is 8.50. The highest BCUT2D eigenvalue weighted by atomic mass is 79.9. The van der Waals surface area contributed by atoms with E-state index in [1.54, 1.807) is 11.3 Å². The van der Waals surface area contributed by atoms with E-state index >= 15 is 0 Å². The van der Waals surface area contributed by atoms with E-state index in [4.69, 9.17) is 10.8 Å². The van der Waals surface area contributed by atoms with Crippen LogP contribution in [0.4, 0.5) is 0 Å². The highest BCUT2D eigenvalue weighted by Gasteiger charge is 2.10. The minimum atomic E-state index is -0.733. The van der Waals surface area contributed by atoms with Crippen LogP contribution >= 0.6 is 27.3 Å². The number of hydrogen-bond donors (Lipinski definition) is 2. The highest BCUT2D eigenvalue weighted by Crippen LogP contribution is 2.31. The maximum Gasteiger partial charge on any atom is 0.303 e. The molecule has 0 aliphatic rings. The summed E-state index contributed by atoms with van der Waals surface area (Å²) < 4.78 is 1.11. The lowest BCUT2D eigenvalue weighted by Gasteiger charge is -2.08. The molecule has 0 aromatic carbocycles. The van der Waals surface area contributed by atoms with Crippen molar-refractivity contribution in [3.05, 3.63) is 20.3 Å². The second-order valence-electron chi connectivity index (χ2n) is 3.80. The summed E-state index contributed by atoms with van der Waals surface area (Å²) in [6, 6.07) is 2.09. The maximum absolute atomic E-state index is 10.3. The Morgan fingerprint density at radius 3 is 2.81 bits per heavy atom. The third-order valence-electron chi connectivity index (χ3n) is 2.40. The second-order valence-corrected chi connectivity index (χ2v) is 5.94. The molecule has 1 heterocycles. The first-order chi connectivity index (χ1) is 7.50. The van der Waals surface area contributed by atoms with Crippen LogP contribution in [0.25, 0.3) is 0 Å². The molecule has 0 radical (unpaired) electrons. The van der Waals surface area contributed by atoms with Gasteiger partial charge in [0.05, 0.1) is 0 Å². The number of hydrogen-bond acceptors (Lipinski definition) is 3. The zero-order chi connectivity index (χ0) is 12.1. The average molecular weight is 306 g/mol. The molecule has 16 heavy (non-hydrogen) atoms. The summed E-state index contributed by atoms with van der Waals surface area (Å²) in [5.41, 5.74) is 6.04. The molecule has 1 rings (SSSR count). The summed E-state index contributed by atoms with van der Waals surface area (Å²) in [5.74, 6) is -0.733. The number of aliphatic carboxylic acids is 1. The van der Waals surface area contributed by atoms with E-state index in [9.17, 15) is 4.79 Å². The molecule has 0 saturated carbocycles. The first-order valence-electron chi connectivity index (χ1n) is 5.24. The summed E-state index contributed by atoms with van der Waals surface area (Å²) in [6.07, 6.45) is 2.65. The maximum atomic E-state index is 10.3. The van der Waals surface area contributed by atoms with Gasteiger partial charge < -0.3 is 10.8 Å². The van der Waals surface area contributed by atoms with Crippen LogP contribution in [0, 0.1) is 6.92 Å². The molecule has 1 aromatic rings. The zero-order valence-corrected chi connectivity index (χ0v) is 11.6. The number of halogens is 1. The molecular weight excluding hydrogens is 290 g/mol. The Morgan fingerprint density at radius 1 is 1.62 bits per heavy atom. The predicted octanol–water partition coefficient (Wildman–Crippen LogP) is 3.46. The number of nitrogens with two attached hydrogens (primary N) is 1. The Balaban J connectivity index is 2.35. The van der Waals surface area contributed by atoms with Crippen molar-refractivity contribution in [2.24, 2.45) is 5.73 Å². The SMILES string of the molecule is Cc1sc(C(N)CCCCC(=O)O)cc1Br. The van der Waals surface area contributed by atoms with Crippen LogP contribution < -0.4 is 5.73 Å². The number of carboxylic acid groups (broad SMARTS) is 1. The Hall–Kier alpha value is -0.390. The fourth-order valence-electron chi connectivity index (χ4n) is 1.45. The molecule has 0 fully saturated rings. The van der Waals surface area contributed by atoms with Gasteiger partial charge in [0.1, 0.15) is 0 Å². The lowest BCUT2D eigenvalue weighted by atomic mass is 10.1. The quantitative estimate of drug-likeness (QED) is 0.791. The Labute approximate surface area is 108 Å². The van der Waals surface area contributed by atoms with Gasteiger partial charge in [-0.2, -0.15) is 0 Å². The Morgan fingerprint density at radius 2 is 2.31 bits per heavy atom. The van der Waals surface area contributed by atoms with Crippen LogP contribution in [0.2, 0.25) is 0 Å². The summed E-state index contributed by atoms with van der Waals surface area (Å²) in [7, 11) is 0. The molecule has 5 heteroatoms. The van der Waals surface area contributed by atoms with Crippen molar-refractivity contribution in [3.63, 3.8) is 0 Å². The van der Waals surface area contributed by atoms with Crippen molar-refractivity contribution in [2.45, 2.75) is 38.6 Å². The largest absolute Gasteiger partial charge is 0.481 e. The minimum Gasteiger partial charge on any atom is -0.481 e. The zero-order valence-electron chi connectivity index (χ0n) is 9.20. The fourth-order valence-corrected chi connectivity index (χ4v) is 3.04.